The van der Waals surface area contributed by atoms with Crippen LogP contribution in [0.3, 0.4) is 0 Å². The number of hydrogen-bond donors (Lipinski definition) is 0. The van der Waals surface area contributed by atoms with Gasteiger partial charge in [-0.2, -0.15) is 5.10 Å². The maximum Gasteiger partial charge on any atom is 0.236 e. The fraction of sp³-hybridized carbons (Fsp3) is 0.700. The third-order valence-electron chi connectivity index (χ3n) is 2.70. The van der Waals surface area contributed by atoms with E-state index in [0.717, 1.165) is 3.95 Å². The highest BCUT2D eigenvalue weighted by atomic mass is 32.1. The number of carbonyl (C=O) groups excluding carboxylic acids is 1. The van der Waals surface area contributed by atoms with Crippen molar-refractivity contribution in [2.45, 2.75) is 6.67 Å². The average molecular weight is 288 g/mol. The van der Waals surface area contributed by atoms with E-state index in [0.29, 0.717) is 39.5 Å². The van der Waals surface area contributed by atoms with E-state index in [1.54, 1.807) is 10.2 Å². The molecular formula is C10H16N4O2S2. The molecule has 0 bridgehead atoms. The van der Waals surface area contributed by atoms with Gasteiger partial charge < -0.3 is 9.64 Å². The van der Waals surface area contributed by atoms with Crippen molar-refractivity contribution in [1.82, 2.24) is 19.6 Å². The molecule has 2 rings (SSSR count). The van der Waals surface area contributed by atoms with Gasteiger partial charge in [0.15, 0.2) is 3.95 Å². The van der Waals surface area contributed by atoms with Crippen molar-refractivity contribution in [3.8, 4) is 0 Å². The van der Waals surface area contributed by atoms with Crippen LogP contribution in [0.1, 0.15) is 0 Å². The number of likely N-dealkylation sites (N-methyl/N-ethyl adjacent to an activating group) is 1. The minimum absolute atomic E-state index is 0.127. The molecule has 1 saturated heterocycles. The number of amides is 1. The van der Waals surface area contributed by atoms with E-state index in [9.17, 15) is 4.79 Å². The second-order valence-electron chi connectivity index (χ2n) is 4.15. The van der Waals surface area contributed by atoms with Crippen molar-refractivity contribution >= 4 is 29.5 Å². The first kappa shape index (κ1) is 13.6. The van der Waals surface area contributed by atoms with Crippen LogP contribution in [0, 0.1) is 3.95 Å². The molecule has 0 saturated carbocycles. The molecule has 0 unspecified atom stereocenters. The minimum Gasteiger partial charge on any atom is -0.378 e. The summed E-state index contributed by atoms with van der Waals surface area (Å²) in [6, 6.07) is 0. The largest absolute Gasteiger partial charge is 0.378 e. The van der Waals surface area contributed by atoms with E-state index in [4.69, 9.17) is 17.0 Å². The monoisotopic (exact) mass is 288 g/mol. The van der Waals surface area contributed by atoms with Gasteiger partial charge in [-0.1, -0.05) is 11.3 Å². The number of nitrogens with zero attached hydrogens (tertiary/aromatic N) is 4. The second-order valence-corrected chi connectivity index (χ2v) is 5.63. The quantitative estimate of drug-likeness (QED) is 0.752. The lowest BCUT2D eigenvalue weighted by Crippen LogP contribution is -2.45. The molecule has 0 radical (unpaired) electrons. The molecule has 1 aliphatic heterocycles. The molecule has 6 nitrogen and oxygen atoms in total. The van der Waals surface area contributed by atoms with Crippen LogP contribution in [0.15, 0.2) is 5.51 Å². The van der Waals surface area contributed by atoms with Crippen LogP contribution in [0.25, 0.3) is 0 Å². The van der Waals surface area contributed by atoms with Crippen LogP contribution in [-0.4, -0.2) is 65.4 Å². The number of aromatic nitrogens is 2. The summed E-state index contributed by atoms with van der Waals surface area (Å²) in [6.07, 6.45) is 0. The van der Waals surface area contributed by atoms with Gasteiger partial charge in [-0.25, -0.2) is 4.68 Å². The summed E-state index contributed by atoms with van der Waals surface area (Å²) in [5, 5.41) is 4.12. The molecule has 2 heterocycles. The standard InChI is InChI=1S/C10H16N4O2S2/c1-12(8-14-10(17)18-7-11-14)6-9(15)13-2-4-16-5-3-13/h7H,2-6,8H2,1H3. The van der Waals surface area contributed by atoms with E-state index in [2.05, 4.69) is 5.10 Å². The van der Waals surface area contributed by atoms with Crippen LogP contribution in [0.2, 0.25) is 0 Å². The van der Waals surface area contributed by atoms with Crippen molar-refractivity contribution in [1.29, 1.82) is 0 Å². The third-order valence-corrected chi connectivity index (χ3v) is 3.81. The highest BCUT2D eigenvalue weighted by Gasteiger charge is 2.18. The van der Waals surface area contributed by atoms with Gasteiger partial charge in [0, 0.05) is 13.1 Å². The molecule has 0 aromatic carbocycles. The average Bonchev–Trinajstić information content (AvgIpc) is 2.76. The van der Waals surface area contributed by atoms with Crippen molar-refractivity contribution < 1.29 is 9.53 Å². The van der Waals surface area contributed by atoms with Gasteiger partial charge in [0.05, 0.1) is 26.4 Å². The summed E-state index contributed by atoms with van der Waals surface area (Å²) in [5.74, 6) is 0.127. The maximum atomic E-state index is 12.0. The van der Waals surface area contributed by atoms with Gasteiger partial charge in [0.1, 0.15) is 5.51 Å². The van der Waals surface area contributed by atoms with Gasteiger partial charge in [0.2, 0.25) is 5.91 Å². The SMILES string of the molecule is CN(CC(=O)N1CCOCC1)Cn1ncsc1=S. The summed E-state index contributed by atoms with van der Waals surface area (Å²) in [5.41, 5.74) is 1.71. The summed E-state index contributed by atoms with van der Waals surface area (Å²) in [6.45, 7) is 3.54. The molecule has 0 aliphatic carbocycles. The molecule has 0 N–H and O–H groups in total. The first-order chi connectivity index (χ1) is 8.66. The van der Waals surface area contributed by atoms with Crippen molar-refractivity contribution in [2.75, 3.05) is 39.9 Å². The van der Waals surface area contributed by atoms with Gasteiger partial charge >= 0.3 is 0 Å². The Balaban J connectivity index is 1.83. The molecule has 1 fully saturated rings. The number of ether oxygens (including phenoxy) is 1. The molecule has 18 heavy (non-hydrogen) atoms. The Bertz CT molecular complexity index is 453. The minimum atomic E-state index is 0.127. The first-order valence-corrected chi connectivity index (χ1v) is 7.00. The van der Waals surface area contributed by atoms with Crippen molar-refractivity contribution in [3.63, 3.8) is 0 Å². The Labute approximate surface area is 115 Å². The molecule has 1 aromatic rings. The Morgan fingerprint density at radius 3 is 2.94 bits per heavy atom. The number of rotatable bonds is 4. The zero-order valence-corrected chi connectivity index (χ0v) is 11.9. The zero-order chi connectivity index (χ0) is 13.0. The van der Waals surface area contributed by atoms with Crippen LogP contribution in [0.5, 0.6) is 0 Å². The summed E-state index contributed by atoms with van der Waals surface area (Å²) < 4.78 is 7.66. The van der Waals surface area contributed by atoms with Gasteiger partial charge in [-0.3, -0.25) is 9.69 Å². The van der Waals surface area contributed by atoms with E-state index in [1.165, 1.54) is 11.3 Å². The van der Waals surface area contributed by atoms with Crippen LogP contribution in [0.4, 0.5) is 0 Å². The lowest BCUT2D eigenvalue weighted by atomic mass is 10.4. The van der Waals surface area contributed by atoms with Crippen molar-refractivity contribution in [3.05, 3.63) is 9.46 Å². The topological polar surface area (TPSA) is 50.6 Å². The van der Waals surface area contributed by atoms with E-state index < -0.39 is 0 Å². The van der Waals surface area contributed by atoms with E-state index >= 15 is 0 Å². The lowest BCUT2D eigenvalue weighted by Gasteiger charge is -2.28. The van der Waals surface area contributed by atoms with Gasteiger partial charge in [-0.05, 0) is 19.3 Å². The van der Waals surface area contributed by atoms with Crippen LogP contribution < -0.4 is 0 Å². The van der Waals surface area contributed by atoms with Crippen LogP contribution in [-0.2, 0) is 16.2 Å². The zero-order valence-electron chi connectivity index (χ0n) is 10.2. The maximum absolute atomic E-state index is 12.0. The Hall–Kier alpha value is -0.830. The Kier molecular flexibility index (Phi) is 4.81. The molecule has 1 amide bonds. The number of hydrogen-bond acceptors (Lipinski definition) is 6. The normalized spacial score (nSPS) is 16.2. The Morgan fingerprint density at radius 2 is 2.33 bits per heavy atom. The molecule has 8 heteroatoms. The fourth-order valence-electron chi connectivity index (χ4n) is 1.75. The molecular weight excluding hydrogens is 272 g/mol. The number of morpholine rings is 1. The highest BCUT2D eigenvalue weighted by Crippen LogP contribution is 2.02. The number of carbonyl (C=O) groups is 1. The summed E-state index contributed by atoms with van der Waals surface area (Å²) in [7, 11) is 1.89. The Morgan fingerprint density at radius 1 is 1.61 bits per heavy atom. The summed E-state index contributed by atoms with van der Waals surface area (Å²) in [4.78, 5) is 15.7. The van der Waals surface area contributed by atoms with Gasteiger partial charge in [-0.15, -0.1) is 0 Å². The fourth-order valence-corrected chi connectivity index (χ4v) is 2.46. The van der Waals surface area contributed by atoms with Crippen molar-refractivity contribution in [2.24, 2.45) is 0 Å². The molecule has 0 atom stereocenters. The predicted octanol–water partition coefficient (Wildman–Crippen LogP) is 0.422. The first-order valence-electron chi connectivity index (χ1n) is 5.71. The molecule has 0 spiro atoms. The smallest absolute Gasteiger partial charge is 0.236 e. The predicted molar refractivity (Wildman–Crippen MR) is 71.0 cm³/mol. The highest BCUT2D eigenvalue weighted by molar-refractivity contribution is 7.73. The van der Waals surface area contributed by atoms with Gasteiger partial charge in [0.25, 0.3) is 0 Å². The molecule has 1 aromatic heterocycles. The lowest BCUT2D eigenvalue weighted by molar-refractivity contribution is -0.136. The van der Waals surface area contributed by atoms with E-state index in [-0.39, 0.29) is 5.91 Å². The summed E-state index contributed by atoms with van der Waals surface area (Å²) >= 11 is 6.54. The second kappa shape index (κ2) is 6.37. The molecule has 100 valence electrons. The third kappa shape index (κ3) is 3.58. The van der Waals surface area contributed by atoms with E-state index in [1.807, 2.05) is 16.8 Å². The van der Waals surface area contributed by atoms with Crippen LogP contribution >= 0.6 is 23.6 Å². The molecule has 1 aliphatic rings.